The molecule has 0 N–H and O–H groups in total. The maximum Gasteiger partial charge on any atom is 0.223 e. The predicted octanol–water partition coefficient (Wildman–Crippen LogP) is 4.01. The number of piperazine rings is 1. The Morgan fingerprint density at radius 2 is 1.35 bits per heavy atom. The number of amides is 1. The van der Waals surface area contributed by atoms with Crippen molar-refractivity contribution in [2.24, 2.45) is 5.92 Å². The van der Waals surface area contributed by atoms with E-state index in [0.29, 0.717) is 12.3 Å². The van der Waals surface area contributed by atoms with E-state index in [1.165, 1.54) is 11.1 Å². The lowest BCUT2D eigenvalue weighted by Gasteiger charge is -2.36. The maximum atomic E-state index is 13.0. The number of hydrogen-bond donors (Lipinski definition) is 0. The molecule has 138 valence electrons. The van der Waals surface area contributed by atoms with Gasteiger partial charge < -0.3 is 4.90 Å². The highest BCUT2D eigenvalue weighted by Gasteiger charge is 2.25. The van der Waals surface area contributed by atoms with Crippen LogP contribution in [0.4, 0.5) is 0 Å². The van der Waals surface area contributed by atoms with Gasteiger partial charge in [-0.3, -0.25) is 9.69 Å². The topological polar surface area (TPSA) is 23.6 Å². The number of carbonyl (C=O) groups is 1. The van der Waals surface area contributed by atoms with E-state index in [1.54, 1.807) is 0 Å². The zero-order chi connectivity index (χ0) is 18.4. The molecular weight excluding hydrogens is 320 g/mol. The molecule has 1 aliphatic rings. The Morgan fingerprint density at radius 3 is 1.81 bits per heavy atom. The van der Waals surface area contributed by atoms with Crippen molar-refractivity contribution in [1.82, 2.24) is 9.80 Å². The van der Waals surface area contributed by atoms with E-state index in [9.17, 15) is 4.79 Å². The van der Waals surface area contributed by atoms with Crippen LogP contribution in [-0.4, -0.2) is 48.4 Å². The second-order valence-corrected chi connectivity index (χ2v) is 7.65. The average molecular weight is 351 g/mol. The number of carbonyl (C=O) groups excluding carboxylic acids is 1. The van der Waals surface area contributed by atoms with Gasteiger partial charge in [-0.05, 0) is 17.0 Å². The molecule has 3 nitrogen and oxygen atoms in total. The lowest BCUT2D eigenvalue weighted by atomic mass is 9.88. The first-order chi connectivity index (χ1) is 12.6. The molecule has 3 rings (SSSR count). The third-order valence-corrected chi connectivity index (χ3v) is 5.13. The smallest absolute Gasteiger partial charge is 0.223 e. The van der Waals surface area contributed by atoms with E-state index < -0.39 is 0 Å². The van der Waals surface area contributed by atoms with Crippen LogP contribution >= 0.6 is 0 Å². The van der Waals surface area contributed by atoms with Gasteiger partial charge >= 0.3 is 0 Å². The van der Waals surface area contributed by atoms with Gasteiger partial charge in [-0.2, -0.15) is 0 Å². The summed E-state index contributed by atoms with van der Waals surface area (Å²) in [5, 5.41) is 0. The maximum absolute atomic E-state index is 13.0. The summed E-state index contributed by atoms with van der Waals surface area (Å²) < 4.78 is 0. The van der Waals surface area contributed by atoms with Crippen LogP contribution in [0, 0.1) is 5.92 Å². The Bertz CT molecular complexity index is 636. The highest BCUT2D eigenvalue weighted by atomic mass is 16.2. The molecule has 2 aromatic carbocycles. The third-order valence-electron chi connectivity index (χ3n) is 5.13. The van der Waals surface area contributed by atoms with Crippen LogP contribution in [0.25, 0.3) is 0 Å². The van der Waals surface area contributed by atoms with Gasteiger partial charge in [-0.25, -0.2) is 0 Å². The van der Waals surface area contributed by atoms with Crippen LogP contribution in [0.15, 0.2) is 60.7 Å². The van der Waals surface area contributed by atoms with Crippen molar-refractivity contribution in [2.75, 3.05) is 32.7 Å². The standard InChI is InChI=1S/C23H30N2O/c1-19(2)18-24-13-15-25(16-14-24)23(26)17-22(20-9-5-3-6-10-20)21-11-7-4-8-12-21/h3-12,19,22H,13-18H2,1-2H3. The molecule has 0 radical (unpaired) electrons. The second-order valence-electron chi connectivity index (χ2n) is 7.65. The molecule has 1 saturated heterocycles. The summed E-state index contributed by atoms with van der Waals surface area (Å²) in [6, 6.07) is 20.8. The minimum atomic E-state index is 0.124. The first-order valence-corrected chi connectivity index (χ1v) is 9.73. The molecule has 0 saturated carbocycles. The summed E-state index contributed by atoms with van der Waals surface area (Å²) in [6.07, 6.45) is 0.540. The number of rotatable bonds is 6. The molecule has 1 fully saturated rings. The molecule has 3 heteroatoms. The molecule has 0 aromatic heterocycles. The van der Waals surface area contributed by atoms with Crippen LogP contribution in [0.3, 0.4) is 0 Å². The van der Waals surface area contributed by atoms with Gasteiger partial charge in [0.25, 0.3) is 0 Å². The largest absolute Gasteiger partial charge is 0.340 e. The predicted molar refractivity (Wildman–Crippen MR) is 107 cm³/mol. The molecule has 1 heterocycles. The first-order valence-electron chi connectivity index (χ1n) is 9.73. The van der Waals surface area contributed by atoms with Crippen molar-refractivity contribution in [3.8, 4) is 0 Å². The van der Waals surface area contributed by atoms with E-state index in [-0.39, 0.29) is 11.8 Å². The number of benzene rings is 2. The van der Waals surface area contributed by atoms with E-state index in [1.807, 2.05) is 12.1 Å². The van der Waals surface area contributed by atoms with Crippen LogP contribution in [-0.2, 0) is 4.79 Å². The Kier molecular flexibility index (Phi) is 6.45. The fourth-order valence-electron chi connectivity index (χ4n) is 3.80. The van der Waals surface area contributed by atoms with E-state index in [2.05, 4.69) is 72.2 Å². The summed E-state index contributed by atoms with van der Waals surface area (Å²) in [7, 11) is 0. The van der Waals surface area contributed by atoms with Gasteiger partial charge in [-0.15, -0.1) is 0 Å². The fourth-order valence-corrected chi connectivity index (χ4v) is 3.80. The average Bonchev–Trinajstić information content (AvgIpc) is 2.67. The Hall–Kier alpha value is -2.13. The molecule has 0 spiro atoms. The summed E-state index contributed by atoms with van der Waals surface area (Å²) >= 11 is 0. The van der Waals surface area contributed by atoms with Gasteiger partial charge in [0.1, 0.15) is 0 Å². The monoisotopic (exact) mass is 350 g/mol. The van der Waals surface area contributed by atoms with Crippen molar-refractivity contribution >= 4 is 5.91 Å². The summed E-state index contributed by atoms with van der Waals surface area (Å²) in [4.78, 5) is 17.5. The Morgan fingerprint density at radius 1 is 0.846 bits per heavy atom. The molecule has 1 aliphatic heterocycles. The lowest BCUT2D eigenvalue weighted by molar-refractivity contribution is -0.133. The summed E-state index contributed by atoms with van der Waals surface area (Å²) in [5.74, 6) is 1.07. The summed E-state index contributed by atoms with van der Waals surface area (Å²) in [5.41, 5.74) is 2.43. The number of hydrogen-bond acceptors (Lipinski definition) is 2. The van der Waals surface area contributed by atoms with Gasteiger partial charge in [0.15, 0.2) is 0 Å². The van der Waals surface area contributed by atoms with Gasteiger partial charge in [0.2, 0.25) is 5.91 Å². The second kappa shape index (κ2) is 9.00. The molecule has 0 aliphatic carbocycles. The van der Waals surface area contributed by atoms with Gasteiger partial charge in [0.05, 0.1) is 0 Å². The normalized spacial score (nSPS) is 15.6. The first kappa shape index (κ1) is 18.7. The molecular formula is C23H30N2O. The van der Waals surface area contributed by atoms with Crippen LogP contribution in [0.1, 0.15) is 37.3 Å². The van der Waals surface area contributed by atoms with Crippen molar-refractivity contribution in [3.63, 3.8) is 0 Å². The molecule has 2 aromatic rings. The minimum Gasteiger partial charge on any atom is -0.340 e. The van der Waals surface area contributed by atoms with Crippen molar-refractivity contribution in [1.29, 1.82) is 0 Å². The highest BCUT2D eigenvalue weighted by molar-refractivity contribution is 5.78. The zero-order valence-electron chi connectivity index (χ0n) is 16.0. The van der Waals surface area contributed by atoms with Crippen molar-refractivity contribution < 1.29 is 4.79 Å². The van der Waals surface area contributed by atoms with Gasteiger partial charge in [0, 0.05) is 45.1 Å². The quantitative estimate of drug-likeness (QED) is 0.786. The summed E-state index contributed by atoms with van der Waals surface area (Å²) in [6.45, 7) is 9.31. The fraction of sp³-hybridized carbons (Fsp3) is 0.435. The lowest BCUT2D eigenvalue weighted by Crippen LogP contribution is -2.49. The van der Waals surface area contributed by atoms with E-state index in [0.717, 1.165) is 32.7 Å². The minimum absolute atomic E-state index is 0.124. The SMILES string of the molecule is CC(C)CN1CCN(C(=O)CC(c2ccccc2)c2ccccc2)CC1. The highest BCUT2D eigenvalue weighted by Crippen LogP contribution is 2.28. The molecule has 26 heavy (non-hydrogen) atoms. The Balaban J connectivity index is 1.67. The van der Waals surface area contributed by atoms with Gasteiger partial charge in [-0.1, -0.05) is 74.5 Å². The van der Waals surface area contributed by atoms with Crippen molar-refractivity contribution in [3.05, 3.63) is 71.8 Å². The third kappa shape index (κ3) is 4.95. The van der Waals surface area contributed by atoms with Crippen molar-refractivity contribution in [2.45, 2.75) is 26.2 Å². The van der Waals surface area contributed by atoms with E-state index in [4.69, 9.17) is 0 Å². The molecule has 1 amide bonds. The molecule has 0 bridgehead atoms. The van der Waals surface area contributed by atoms with Crippen LogP contribution in [0.2, 0.25) is 0 Å². The number of nitrogens with zero attached hydrogens (tertiary/aromatic N) is 2. The van der Waals surface area contributed by atoms with Crippen LogP contribution in [0.5, 0.6) is 0 Å². The molecule has 0 unspecified atom stereocenters. The van der Waals surface area contributed by atoms with Crippen LogP contribution < -0.4 is 0 Å². The molecule has 0 atom stereocenters. The Labute approximate surface area is 157 Å². The van der Waals surface area contributed by atoms with E-state index >= 15 is 0 Å². The zero-order valence-corrected chi connectivity index (χ0v) is 16.0.